The molecule has 1 fully saturated rings. The van der Waals surface area contributed by atoms with Gasteiger partial charge in [-0.3, -0.25) is 0 Å². The molecule has 0 radical (unpaired) electrons. The number of halogens is 3. The molecule has 16 heteroatoms. The number of morpholine rings is 1. The van der Waals surface area contributed by atoms with Gasteiger partial charge in [0.1, 0.15) is 29.6 Å². The molecule has 0 amide bonds. The summed E-state index contributed by atoms with van der Waals surface area (Å²) in [5, 5.41) is 4.42. The van der Waals surface area contributed by atoms with Gasteiger partial charge in [0.2, 0.25) is 11.9 Å². The largest absolute Gasteiger partial charge is 0.497 e. The molecule has 1 aliphatic heterocycles. The first kappa shape index (κ1) is 35.4. The summed E-state index contributed by atoms with van der Waals surface area (Å²) in [6.45, 7) is 10.2. The first-order chi connectivity index (χ1) is 23.9. The lowest BCUT2D eigenvalue weighted by atomic mass is 10.2. The van der Waals surface area contributed by atoms with Gasteiger partial charge in [-0.15, -0.1) is 0 Å². The number of para-hydroxylation sites is 1. The molecule has 3 aromatic heterocycles. The molecule has 1 aliphatic rings. The van der Waals surface area contributed by atoms with Crippen LogP contribution < -0.4 is 19.3 Å². The summed E-state index contributed by atoms with van der Waals surface area (Å²) in [4.78, 5) is 18.5. The van der Waals surface area contributed by atoms with Crippen LogP contribution in [0.25, 0.3) is 16.7 Å². The Morgan fingerprint density at radius 3 is 2.38 bits per heavy atom. The van der Waals surface area contributed by atoms with E-state index in [9.17, 15) is 13.2 Å². The lowest BCUT2D eigenvalue weighted by Crippen LogP contribution is -2.38. The lowest BCUT2D eigenvalue weighted by molar-refractivity contribution is -0.127. The normalized spacial score (nSPS) is 14.1. The molecule has 0 saturated carbocycles. The fraction of sp³-hybridized carbons (Fsp3) is 0.471. The standard InChI is InChI=1S/C34H43F3N8O4Si/c1-46-26-11-9-24(10-12-26)21-43(22-29-39-30-27(7-6-8-28(30)47-2)44(29)23-49-17-18-50(3,4)5)33-41-32(42-13-15-48-16-14-42)40-31-25(19-34(35,36)37)20-38-45(31)33/h6-12,20H,13-19,21-23H2,1-5H3. The zero-order chi connectivity index (χ0) is 35.5. The highest BCUT2D eigenvalue weighted by Gasteiger charge is 2.32. The second-order valence-corrected chi connectivity index (χ2v) is 19.1. The number of alkyl halides is 3. The molecule has 5 aromatic rings. The molecule has 6 rings (SSSR count). The van der Waals surface area contributed by atoms with Crippen LogP contribution in [-0.4, -0.2) is 90.5 Å². The van der Waals surface area contributed by atoms with Gasteiger partial charge in [-0.2, -0.15) is 32.8 Å². The molecule has 1 saturated heterocycles. The van der Waals surface area contributed by atoms with Crippen LogP contribution >= 0.6 is 0 Å². The number of imidazole rings is 1. The highest BCUT2D eigenvalue weighted by atomic mass is 28.3. The van der Waals surface area contributed by atoms with Crippen molar-refractivity contribution >= 4 is 36.7 Å². The monoisotopic (exact) mass is 712 g/mol. The zero-order valence-corrected chi connectivity index (χ0v) is 30.0. The summed E-state index contributed by atoms with van der Waals surface area (Å²) in [7, 11) is 1.88. The van der Waals surface area contributed by atoms with E-state index in [4.69, 9.17) is 28.9 Å². The molecule has 2 aromatic carbocycles. The molecular weight excluding hydrogens is 670 g/mol. The Bertz CT molecular complexity index is 1900. The minimum Gasteiger partial charge on any atom is -0.497 e. The van der Waals surface area contributed by atoms with E-state index in [1.54, 1.807) is 14.2 Å². The van der Waals surface area contributed by atoms with Crippen LogP contribution in [0, 0.1) is 0 Å². The van der Waals surface area contributed by atoms with Crippen molar-refractivity contribution < 1.29 is 32.1 Å². The summed E-state index contributed by atoms with van der Waals surface area (Å²) < 4.78 is 67.5. The molecule has 0 aliphatic carbocycles. The third-order valence-corrected chi connectivity index (χ3v) is 10.2. The first-order valence-electron chi connectivity index (χ1n) is 16.5. The lowest BCUT2D eigenvalue weighted by Gasteiger charge is -2.29. The van der Waals surface area contributed by atoms with E-state index in [1.165, 1.54) is 10.7 Å². The van der Waals surface area contributed by atoms with E-state index in [2.05, 4.69) is 29.7 Å². The van der Waals surface area contributed by atoms with Gasteiger partial charge in [-0.25, -0.2) is 4.98 Å². The van der Waals surface area contributed by atoms with Gasteiger partial charge in [0.05, 0.1) is 52.1 Å². The third-order valence-electron chi connectivity index (χ3n) is 8.50. The maximum atomic E-state index is 13.7. The van der Waals surface area contributed by atoms with Crippen LogP contribution in [0.1, 0.15) is 17.0 Å². The van der Waals surface area contributed by atoms with E-state index in [0.717, 1.165) is 17.1 Å². The number of rotatable bonds is 14. The fourth-order valence-electron chi connectivity index (χ4n) is 5.80. The number of fused-ring (bicyclic) bond motifs is 2. The van der Waals surface area contributed by atoms with Gasteiger partial charge in [-0.1, -0.05) is 37.8 Å². The number of ether oxygens (including phenoxy) is 4. The van der Waals surface area contributed by atoms with Crippen molar-refractivity contribution in [3.05, 3.63) is 65.6 Å². The maximum absolute atomic E-state index is 13.7. The SMILES string of the molecule is COc1ccc(CN(Cc2nc3c(OC)cccc3n2COCC[Si](C)(C)C)c2nc(N3CCOCC3)nc3c(CC(F)(F)F)cnn23)cc1. The molecule has 0 N–H and O–H groups in total. The average molecular weight is 713 g/mol. The predicted octanol–water partition coefficient (Wildman–Crippen LogP) is 5.95. The molecule has 4 heterocycles. The van der Waals surface area contributed by atoms with Crippen molar-refractivity contribution in [1.29, 1.82) is 0 Å². The minimum atomic E-state index is -4.45. The first-order valence-corrected chi connectivity index (χ1v) is 20.2. The Kier molecular flexibility index (Phi) is 10.5. The Morgan fingerprint density at radius 1 is 0.940 bits per heavy atom. The van der Waals surface area contributed by atoms with E-state index in [0.29, 0.717) is 74.2 Å². The summed E-state index contributed by atoms with van der Waals surface area (Å²) in [6, 6.07) is 14.4. The van der Waals surface area contributed by atoms with Crippen LogP contribution in [0.5, 0.6) is 11.5 Å². The van der Waals surface area contributed by atoms with E-state index in [-0.39, 0.29) is 24.5 Å². The number of anilines is 2. The van der Waals surface area contributed by atoms with Gasteiger partial charge in [0.15, 0.2) is 5.65 Å². The van der Waals surface area contributed by atoms with Gasteiger partial charge in [0, 0.05) is 39.9 Å². The number of hydrogen-bond donors (Lipinski definition) is 0. The fourth-order valence-corrected chi connectivity index (χ4v) is 6.56. The molecule has 50 heavy (non-hydrogen) atoms. The maximum Gasteiger partial charge on any atom is 0.393 e. The molecular formula is C34H43F3N8O4Si. The number of aromatic nitrogens is 6. The zero-order valence-electron chi connectivity index (χ0n) is 29.0. The summed E-state index contributed by atoms with van der Waals surface area (Å²) in [5.41, 5.74) is 2.49. The summed E-state index contributed by atoms with van der Waals surface area (Å²) >= 11 is 0. The average Bonchev–Trinajstić information content (AvgIpc) is 3.65. The van der Waals surface area contributed by atoms with Gasteiger partial charge in [0.25, 0.3) is 0 Å². The molecule has 0 spiro atoms. The Balaban J connectivity index is 1.48. The van der Waals surface area contributed by atoms with E-state index >= 15 is 0 Å². The number of methoxy groups -OCH3 is 2. The van der Waals surface area contributed by atoms with Gasteiger partial charge >= 0.3 is 6.18 Å². The third kappa shape index (κ3) is 8.30. The smallest absolute Gasteiger partial charge is 0.393 e. The van der Waals surface area contributed by atoms with E-state index < -0.39 is 20.7 Å². The van der Waals surface area contributed by atoms with Crippen LogP contribution in [0.15, 0.2) is 48.7 Å². The van der Waals surface area contributed by atoms with Crippen molar-refractivity contribution in [2.24, 2.45) is 0 Å². The van der Waals surface area contributed by atoms with E-state index in [1.807, 2.05) is 56.8 Å². The quantitative estimate of drug-likeness (QED) is 0.101. The highest BCUT2D eigenvalue weighted by molar-refractivity contribution is 6.76. The molecule has 12 nitrogen and oxygen atoms in total. The molecule has 0 bridgehead atoms. The van der Waals surface area contributed by atoms with Crippen LogP contribution in [0.4, 0.5) is 25.1 Å². The Morgan fingerprint density at radius 2 is 1.70 bits per heavy atom. The molecule has 268 valence electrons. The molecule has 0 unspecified atom stereocenters. The topological polar surface area (TPSA) is 104 Å². The minimum absolute atomic E-state index is 0.0344. The van der Waals surface area contributed by atoms with Crippen molar-refractivity contribution in [2.45, 2.75) is 58.1 Å². The number of hydrogen-bond acceptors (Lipinski definition) is 10. The Hall–Kier alpha value is -4.41. The van der Waals surface area contributed by atoms with Crippen LogP contribution in [-0.2, 0) is 35.7 Å². The number of nitrogens with zero attached hydrogens (tertiary/aromatic N) is 8. The van der Waals surface area contributed by atoms with Gasteiger partial charge in [-0.05, 0) is 35.9 Å². The van der Waals surface area contributed by atoms with Crippen molar-refractivity contribution in [1.82, 2.24) is 29.1 Å². The second-order valence-electron chi connectivity index (χ2n) is 13.5. The second kappa shape index (κ2) is 14.8. The van der Waals surface area contributed by atoms with Crippen LogP contribution in [0.2, 0.25) is 25.7 Å². The number of benzene rings is 2. The van der Waals surface area contributed by atoms with Crippen molar-refractivity contribution in [3.8, 4) is 11.5 Å². The van der Waals surface area contributed by atoms with Crippen LogP contribution in [0.3, 0.4) is 0 Å². The summed E-state index contributed by atoms with van der Waals surface area (Å²) in [5.74, 6) is 2.62. The van der Waals surface area contributed by atoms with Gasteiger partial charge < -0.3 is 33.3 Å². The molecule has 0 atom stereocenters. The summed E-state index contributed by atoms with van der Waals surface area (Å²) in [6.07, 6.45) is -4.39. The predicted molar refractivity (Wildman–Crippen MR) is 187 cm³/mol. The van der Waals surface area contributed by atoms with Crippen molar-refractivity contribution in [3.63, 3.8) is 0 Å². The van der Waals surface area contributed by atoms with Crippen molar-refractivity contribution in [2.75, 3.05) is 56.9 Å². The Labute approximate surface area is 289 Å². The highest BCUT2D eigenvalue weighted by Crippen LogP contribution is 2.31.